The smallest absolute Gasteiger partial charge is 0.411 e. The third-order valence-corrected chi connectivity index (χ3v) is 7.54. The fraction of sp³-hybridized carbons (Fsp3) is 0.226. The number of aromatic amines is 1. The number of hydrogen-bond donors (Lipinski definition) is 4. The van der Waals surface area contributed by atoms with Crippen LogP contribution in [-0.4, -0.2) is 41.7 Å². The van der Waals surface area contributed by atoms with Gasteiger partial charge in [0.15, 0.2) is 0 Å². The lowest BCUT2D eigenvalue weighted by atomic mass is 10.1. The number of urea groups is 1. The van der Waals surface area contributed by atoms with E-state index in [1.54, 1.807) is 41.3 Å². The summed E-state index contributed by atoms with van der Waals surface area (Å²) in [5.41, 5.74) is 4.25. The van der Waals surface area contributed by atoms with Gasteiger partial charge in [-0.1, -0.05) is 65.7 Å². The highest BCUT2D eigenvalue weighted by Crippen LogP contribution is 2.30. The number of nitrogens with zero attached hydrogens (tertiary/aromatic N) is 2. The summed E-state index contributed by atoms with van der Waals surface area (Å²) in [5, 5.41) is 9.35. The van der Waals surface area contributed by atoms with Gasteiger partial charge in [0.2, 0.25) is 5.91 Å². The molecule has 1 saturated heterocycles. The number of imidazole rings is 1. The van der Waals surface area contributed by atoms with Crippen LogP contribution in [0.4, 0.5) is 21.0 Å². The first-order valence-electron chi connectivity index (χ1n) is 13.7. The van der Waals surface area contributed by atoms with Crippen molar-refractivity contribution in [1.82, 2.24) is 20.6 Å². The first kappa shape index (κ1) is 29.9. The predicted octanol–water partition coefficient (Wildman–Crippen LogP) is 6.47. The molecule has 0 radical (unpaired) electrons. The monoisotopic (exact) mass is 620 g/mol. The van der Waals surface area contributed by atoms with Crippen molar-refractivity contribution in [2.45, 2.75) is 31.8 Å². The molecule has 4 amide bonds. The van der Waals surface area contributed by atoms with Gasteiger partial charge in [0.1, 0.15) is 16.7 Å². The minimum atomic E-state index is -0.572. The Morgan fingerprint density at radius 2 is 1.84 bits per heavy atom. The number of nitrogens with one attached hydrogen (secondary N) is 4. The maximum atomic E-state index is 13.2. The van der Waals surface area contributed by atoms with E-state index in [4.69, 9.17) is 28.2 Å². The van der Waals surface area contributed by atoms with Crippen LogP contribution in [0.25, 0.3) is 11.3 Å². The van der Waals surface area contributed by atoms with Gasteiger partial charge in [-0.25, -0.2) is 14.6 Å². The number of hydrogen-bond acceptors (Lipinski definition) is 5. The van der Waals surface area contributed by atoms with Gasteiger partial charge in [-0.2, -0.15) is 0 Å². The van der Waals surface area contributed by atoms with Crippen molar-refractivity contribution in [2.75, 3.05) is 23.9 Å². The summed E-state index contributed by atoms with van der Waals surface area (Å²) in [7, 11) is 1.29. The fourth-order valence-corrected chi connectivity index (χ4v) is 5.36. The van der Waals surface area contributed by atoms with Crippen molar-refractivity contribution >= 4 is 52.6 Å². The highest BCUT2D eigenvalue weighted by atomic mass is 35.5. The number of methoxy groups -OCH3 is 1. The van der Waals surface area contributed by atoms with Crippen molar-refractivity contribution in [3.8, 4) is 11.3 Å². The Hall–Kier alpha value is -4.54. The molecular formula is C31H30Cl2N6O4. The molecule has 1 aliphatic rings. The molecule has 4 aromatic rings. The highest BCUT2D eigenvalue weighted by Gasteiger charge is 2.25. The normalized spacial score (nSPS) is 13.5. The lowest BCUT2D eigenvalue weighted by Crippen LogP contribution is -2.39. The van der Waals surface area contributed by atoms with Crippen molar-refractivity contribution in [2.24, 2.45) is 0 Å². The molecule has 1 aromatic heterocycles. The maximum absolute atomic E-state index is 13.2. The zero-order valence-electron chi connectivity index (χ0n) is 23.3. The molecule has 12 heteroatoms. The molecule has 0 aliphatic carbocycles. The largest absolute Gasteiger partial charge is 0.453 e. The zero-order valence-corrected chi connectivity index (χ0v) is 24.8. The SMILES string of the molecule is COC(=O)Nc1ccc(-c2nc([C@H](Cc3ccccc3)NC(=O)NCc3cc(Cl)ccc3N3CCCC3=O)[nH]c2Cl)cc1. The molecule has 1 atom stereocenters. The molecule has 1 aliphatic heterocycles. The quantitative estimate of drug-likeness (QED) is 0.170. The summed E-state index contributed by atoms with van der Waals surface area (Å²) in [4.78, 5) is 46.7. The molecule has 3 aromatic carbocycles. The molecule has 0 unspecified atom stereocenters. The molecule has 1 fully saturated rings. The molecular weight excluding hydrogens is 591 g/mol. The van der Waals surface area contributed by atoms with Gasteiger partial charge in [-0.3, -0.25) is 10.1 Å². The van der Waals surface area contributed by atoms with Crippen LogP contribution in [0.1, 0.15) is 35.8 Å². The predicted molar refractivity (Wildman–Crippen MR) is 166 cm³/mol. The minimum absolute atomic E-state index is 0.0517. The van der Waals surface area contributed by atoms with E-state index < -0.39 is 18.2 Å². The molecule has 0 saturated carbocycles. The van der Waals surface area contributed by atoms with Gasteiger partial charge >= 0.3 is 12.1 Å². The van der Waals surface area contributed by atoms with E-state index >= 15 is 0 Å². The first-order valence-corrected chi connectivity index (χ1v) is 14.4. The van der Waals surface area contributed by atoms with Crippen LogP contribution < -0.4 is 20.9 Å². The number of anilines is 2. The third-order valence-electron chi connectivity index (χ3n) is 7.03. The van der Waals surface area contributed by atoms with Crippen LogP contribution in [0.2, 0.25) is 10.2 Å². The number of aromatic nitrogens is 2. The van der Waals surface area contributed by atoms with Crippen molar-refractivity contribution < 1.29 is 19.1 Å². The van der Waals surface area contributed by atoms with Gasteiger partial charge in [0, 0.05) is 41.5 Å². The third kappa shape index (κ3) is 7.46. The average molecular weight is 622 g/mol. The molecule has 222 valence electrons. The summed E-state index contributed by atoms with van der Waals surface area (Å²) in [6.45, 7) is 0.796. The van der Waals surface area contributed by atoms with Gasteiger partial charge in [-0.15, -0.1) is 0 Å². The average Bonchev–Trinajstić information content (AvgIpc) is 3.61. The lowest BCUT2D eigenvalue weighted by Gasteiger charge is -2.21. The van der Waals surface area contributed by atoms with Gasteiger partial charge in [0.05, 0.1) is 13.2 Å². The lowest BCUT2D eigenvalue weighted by molar-refractivity contribution is -0.117. The summed E-state index contributed by atoms with van der Waals surface area (Å²) in [6.07, 6.45) is 1.17. The number of carbonyl (C=O) groups is 3. The van der Waals surface area contributed by atoms with Gasteiger partial charge in [0.25, 0.3) is 0 Å². The Balaban J connectivity index is 1.34. The standard InChI is InChI=1S/C31H30Cl2N6O4/c1-43-31(42)35-23-12-9-20(10-13-23)27-28(33)38-29(37-27)24(16-19-6-3-2-4-7-19)36-30(41)34-18-21-17-22(32)11-14-25(21)39-15-5-8-26(39)40/h2-4,6-7,9-14,17,24H,5,8,15-16,18H2,1H3,(H,35,42)(H,37,38)(H2,34,36,41)/t24-/m0/s1. The fourth-order valence-electron chi connectivity index (χ4n) is 4.92. The van der Waals surface area contributed by atoms with Crippen LogP contribution in [0.5, 0.6) is 0 Å². The number of carbonyl (C=O) groups excluding carboxylic acids is 3. The van der Waals surface area contributed by atoms with Crippen molar-refractivity contribution in [3.63, 3.8) is 0 Å². The van der Waals surface area contributed by atoms with E-state index in [1.165, 1.54) is 7.11 Å². The Kier molecular flexibility index (Phi) is 9.48. The summed E-state index contributed by atoms with van der Waals surface area (Å²) in [5.74, 6) is 0.526. The van der Waals surface area contributed by atoms with Crippen LogP contribution in [0.15, 0.2) is 72.8 Å². The van der Waals surface area contributed by atoms with Crippen LogP contribution >= 0.6 is 23.2 Å². The van der Waals surface area contributed by atoms with Crippen molar-refractivity contribution in [1.29, 1.82) is 0 Å². The second-order valence-electron chi connectivity index (χ2n) is 9.97. The molecule has 43 heavy (non-hydrogen) atoms. The first-order chi connectivity index (χ1) is 20.8. The topological polar surface area (TPSA) is 128 Å². The van der Waals surface area contributed by atoms with E-state index in [0.29, 0.717) is 46.8 Å². The Labute approximate surface area is 258 Å². The van der Waals surface area contributed by atoms with E-state index in [0.717, 1.165) is 28.8 Å². The molecule has 10 nitrogen and oxygen atoms in total. The molecule has 4 N–H and O–H groups in total. The second kappa shape index (κ2) is 13.6. The number of ether oxygens (including phenoxy) is 1. The summed E-state index contributed by atoms with van der Waals surface area (Å²) in [6, 6.07) is 21.0. The second-order valence-corrected chi connectivity index (χ2v) is 10.8. The van der Waals surface area contributed by atoms with Gasteiger partial charge < -0.3 is 25.3 Å². The van der Waals surface area contributed by atoms with Gasteiger partial charge in [-0.05, 0) is 54.3 Å². The summed E-state index contributed by atoms with van der Waals surface area (Å²) >= 11 is 12.8. The summed E-state index contributed by atoms with van der Waals surface area (Å²) < 4.78 is 4.63. The number of benzene rings is 3. The van der Waals surface area contributed by atoms with E-state index in [9.17, 15) is 14.4 Å². The Morgan fingerprint density at radius 3 is 2.53 bits per heavy atom. The highest BCUT2D eigenvalue weighted by molar-refractivity contribution is 6.32. The Bertz CT molecular complexity index is 1610. The molecule has 0 spiro atoms. The number of H-pyrrole nitrogens is 1. The number of halogens is 2. The van der Waals surface area contributed by atoms with E-state index in [1.807, 2.05) is 36.4 Å². The molecule has 2 heterocycles. The van der Waals surface area contributed by atoms with Crippen LogP contribution in [0, 0.1) is 0 Å². The number of amides is 4. The Morgan fingerprint density at radius 1 is 1.07 bits per heavy atom. The van der Waals surface area contributed by atoms with Crippen molar-refractivity contribution in [3.05, 3.63) is 99.9 Å². The number of rotatable bonds is 9. The zero-order chi connectivity index (χ0) is 30.3. The minimum Gasteiger partial charge on any atom is -0.453 e. The van der Waals surface area contributed by atoms with E-state index in [2.05, 4.69) is 25.7 Å². The molecule has 5 rings (SSSR count). The van der Waals surface area contributed by atoms with Crippen LogP contribution in [-0.2, 0) is 22.5 Å². The maximum Gasteiger partial charge on any atom is 0.411 e. The van der Waals surface area contributed by atoms with E-state index in [-0.39, 0.29) is 12.5 Å². The molecule has 0 bridgehead atoms. The van der Waals surface area contributed by atoms with Crippen LogP contribution in [0.3, 0.4) is 0 Å².